The summed E-state index contributed by atoms with van der Waals surface area (Å²) in [5.41, 5.74) is 12.5. The van der Waals surface area contributed by atoms with E-state index in [1.165, 1.54) is 19.0 Å². The van der Waals surface area contributed by atoms with Crippen LogP contribution in [-0.4, -0.2) is 80.7 Å². The molecule has 0 unspecified atom stereocenters. The van der Waals surface area contributed by atoms with Gasteiger partial charge in [-0.15, -0.1) is 11.6 Å². The minimum Gasteiger partial charge on any atom is -0.509 e. The van der Waals surface area contributed by atoms with Crippen molar-refractivity contribution in [3.63, 3.8) is 0 Å². The van der Waals surface area contributed by atoms with Crippen LogP contribution < -0.4 is 22.5 Å². The number of Topliss-reactive ketones (excluding diaryl/α,β-unsaturated/α-hetero) is 2. The van der Waals surface area contributed by atoms with Gasteiger partial charge in [0, 0.05) is 12.1 Å². The van der Waals surface area contributed by atoms with Crippen LogP contribution in [0.15, 0.2) is 53.3 Å². The van der Waals surface area contributed by atoms with Gasteiger partial charge in [-0.05, 0) is 49.7 Å². The number of phenolic OH excluding ortho intramolecular Hbond substituents is 1. The van der Waals surface area contributed by atoms with Gasteiger partial charge >= 0.3 is 0 Å². The molecule has 0 radical (unpaired) electrons. The first-order valence-electron chi connectivity index (χ1n) is 13.8. The van der Waals surface area contributed by atoms with E-state index in [1.54, 1.807) is 42.5 Å². The summed E-state index contributed by atoms with van der Waals surface area (Å²) in [4.78, 5) is 53.8. The highest BCUT2D eigenvalue weighted by Gasteiger charge is 2.74. The topological polar surface area (TPSA) is 246 Å². The molecule has 10 N–H and O–H groups in total. The zero-order chi connectivity index (χ0) is 33.2. The zero-order valence-electron chi connectivity index (χ0n) is 24.3. The van der Waals surface area contributed by atoms with Gasteiger partial charge in [0.1, 0.15) is 28.7 Å². The van der Waals surface area contributed by atoms with Crippen LogP contribution in [0.5, 0.6) is 5.75 Å². The molecule has 1 saturated carbocycles. The van der Waals surface area contributed by atoms with Crippen LogP contribution in [-0.2, 0) is 32.1 Å². The Kier molecular flexibility index (Phi) is 7.54. The molecule has 45 heavy (non-hydrogen) atoms. The van der Waals surface area contributed by atoms with Crippen LogP contribution in [0.2, 0.25) is 0 Å². The Labute approximate surface area is 262 Å². The summed E-state index contributed by atoms with van der Waals surface area (Å²) in [6, 6.07) is 10.7. The van der Waals surface area contributed by atoms with Crippen LogP contribution in [0.25, 0.3) is 16.9 Å². The lowest BCUT2D eigenvalue weighted by molar-refractivity contribution is -0.139. The monoisotopic (exact) mass is 634 g/mol. The number of phenols is 1. The zero-order valence-corrected chi connectivity index (χ0v) is 25.1. The third-order valence-corrected chi connectivity index (χ3v) is 9.25. The molecule has 0 aromatic heterocycles. The quantitative estimate of drug-likeness (QED) is 0.169. The van der Waals surface area contributed by atoms with Gasteiger partial charge in [-0.3, -0.25) is 24.1 Å². The third kappa shape index (κ3) is 4.25. The van der Waals surface area contributed by atoms with Gasteiger partial charge in [0.2, 0.25) is 5.91 Å². The Balaban J connectivity index is 1.86. The Morgan fingerprint density at radius 2 is 1.80 bits per heavy atom. The molecule has 14 heteroatoms. The Morgan fingerprint density at radius 3 is 2.36 bits per heavy atom. The Morgan fingerprint density at radius 1 is 1.16 bits per heavy atom. The van der Waals surface area contributed by atoms with E-state index in [9.17, 15) is 39.8 Å². The maximum atomic E-state index is 14.6. The number of aliphatic hydroxyl groups is 2. The second-order valence-electron chi connectivity index (χ2n) is 11.8. The minimum absolute atomic E-state index is 0.170. The van der Waals surface area contributed by atoms with Gasteiger partial charge in [-0.25, -0.2) is 0 Å². The van der Waals surface area contributed by atoms with E-state index in [2.05, 4.69) is 5.32 Å². The molecule has 0 heterocycles. The highest BCUT2D eigenvalue weighted by Crippen LogP contribution is 2.59. The molecule has 0 saturated heterocycles. The van der Waals surface area contributed by atoms with Gasteiger partial charge < -0.3 is 37.8 Å². The molecule has 5 rings (SSSR count). The fourth-order valence-electron chi connectivity index (χ4n) is 7.21. The first-order valence-corrected chi connectivity index (χ1v) is 14.3. The van der Waals surface area contributed by atoms with Crippen molar-refractivity contribution in [3.05, 3.63) is 70.0 Å². The number of carbonyl (C=O) groups is 4. The molecule has 4 atom stereocenters. The number of nitrogens with two attached hydrogens (primary N) is 3. The predicted molar refractivity (Wildman–Crippen MR) is 162 cm³/mol. The Hall–Kier alpha value is -4.74. The largest absolute Gasteiger partial charge is 0.509 e. The lowest BCUT2D eigenvalue weighted by atomic mass is 9.47. The summed E-state index contributed by atoms with van der Waals surface area (Å²) in [5.74, 6) is -6.96. The highest BCUT2D eigenvalue weighted by molar-refractivity contribution is 6.27. The number of carbonyl (C=O) groups excluding carboxylic acids is 4. The van der Waals surface area contributed by atoms with E-state index in [-0.39, 0.29) is 30.0 Å². The number of nitrogens with one attached hydrogen (secondary N) is 1. The van der Waals surface area contributed by atoms with Gasteiger partial charge in [-0.1, -0.05) is 30.3 Å². The first-order chi connectivity index (χ1) is 21.1. The fraction of sp³-hybridized carbons (Fsp3) is 0.323. The Bertz CT molecular complexity index is 1800. The number of aliphatic hydroxyl groups excluding tert-OH is 2. The predicted octanol–water partition coefficient (Wildman–Crippen LogP) is 0.427. The molecule has 2 amide bonds. The second-order valence-corrected chi connectivity index (χ2v) is 12.1. The van der Waals surface area contributed by atoms with Gasteiger partial charge in [-0.2, -0.15) is 5.26 Å². The molecule has 1 fully saturated rings. The van der Waals surface area contributed by atoms with Crippen molar-refractivity contribution in [1.29, 1.82) is 5.26 Å². The van der Waals surface area contributed by atoms with Crippen LogP contribution in [0.4, 0.5) is 0 Å². The molecular formula is C31H31ClN6O7. The number of ketones is 2. The molecule has 2 aromatic rings. The van der Waals surface area contributed by atoms with E-state index in [1.807, 2.05) is 0 Å². The molecule has 234 valence electrons. The van der Waals surface area contributed by atoms with Crippen molar-refractivity contribution < 1.29 is 34.5 Å². The fourth-order valence-corrected chi connectivity index (χ4v) is 7.30. The van der Waals surface area contributed by atoms with Crippen LogP contribution in [0.3, 0.4) is 0 Å². The van der Waals surface area contributed by atoms with E-state index < -0.39 is 80.8 Å². The highest BCUT2D eigenvalue weighted by atomic mass is 35.5. The van der Waals surface area contributed by atoms with Gasteiger partial charge in [0.05, 0.1) is 34.3 Å². The number of benzene rings is 2. The number of fused-ring (bicyclic) bond motifs is 3. The number of alkyl halides is 1. The normalized spacial score (nSPS) is 27.4. The van der Waals surface area contributed by atoms with E-state index in [0.717, 1.165) is 0 Å². The van der Waals surface area contributed by atoms with Gasteiger partial charge in [0.25, 0.3) is 5.91 Å². The average Bonchev–Trinajstić information content (AvgIpc) is 2.96. The molecule has 13 nitrogen and oxygen atoms in total. The van der Waals surface area contributed by atoms with E-state index in [4.69, 9.17) is 28.8 Å². The lowest BCUT2D eigenvalue weighted by Gasteiger charge is -2.58. The lowest BCUT2D eigenvalue weighted by Crippen LogP contribution is -2.80. The number of hydrogen-bond acceptors (Lipinski definition) is 11. The maximum absolute atomic E-state index is 14.6. The number of halogens is 1. The van der Waals surface area contributed by atoms with E-state index in [0.29, 0.717) is 16.7 Å². The van der Waals surface area contributed by atoms with Crippen molar-refractivity contribution in [2.24, 2.45) is 22.6 Å². The summed E-state index contributed by atoms with van der Waals surface area (Å²) in [7, 11) is 2.89. The average molecular weight is 635 g/mol. The minimum atomic E-state index is -2.77. The first kappa shape index (κ1) is 31.7. The second kappa shape index (κ2) is 10.7. The summed E-state index contributed by atoms with van der Waals surface area (Å²) in [5, 5.41) is 47.8. The molecule has 0 spiro atoms. The van der Waals surface area contributed by atoms with Crippen molar-refractivity contribution in [2.75, 3.05) is 20.0 Å². The van der Waals surface area contributed by atoms with Crippen LogP contribution >= 0.6 is 11.6 Å². The number of primary amides is 1. The standard InChI is InChI=1S/C31H31ClN6O7/c1-38(2)25-24(42)20(28(34)45)26(43)30(13-33)27(44)21-23(41)19-17(9-29(21,35)12-31(25,30)36)16(14-6-4-3-5-7-14)8-15(22(19)40)11-37-18(39)10-32/h3-8,25,40-41,43H,9-12,35-36H2,1-2H3,(H2,34,45)(H,37,39)/t25-,29-,30+,31-/m1/s1. The molecule has 3 aliphatic carbocycles. The summed E-state index contributed by atoms with van der Waals surface area (Å²) < 4.78 is 0. The SMILES string of the molecule is CN(C)[C@@H]1C(=O)C(C(N)=O)=C(O)[C@@]2(C#N)C(=O)C3=C(O)c4c(O)c(CNC(=O)CCl)cc(-c5ccccc5)c4C[C@@]3(N)C[C@@]12N. The molecular weight excluding hydrogens is 604 g/mol. The smallest absolute Gasteiger partial charge is 0.255 e. The summed E-state index contributed by atoms with van der Waals surface area (Å²) in [6.45, 7) is -0.193. The van der Waals surface area contributed by atoms with Crippen molar-refractivity contribution in [1.82, 2.24) is 10.2 Å². The number of hydrogen-bond donors (Lipinski definition) is 7. The third-order valence-electron chi connectivity index (χ3n) is 9.01. The molecule has 0 aliphatic heterocycles. The molecule has 2 aromatic carbocycles. The summed E-state index contributed by atoms with van der Waals surface area (Å²) in [6.07, 6.45) is -0.702. The van der Waals surface area contributed by atoms with Crippen molar-refractivity contribution in [2.45, 2.75) is 36.5 Å². The summed E-state index contributed by atoms with van der Waals surface area (Å²) >= 11 is 5.62. The number of rotatable bonds is 6. The number of nitriles is 1. The number of likely N-dealkylation sites (N-methyl/N-ethyl adjacent to an activating group) is 1. The van der Waals surface area contributed by atoms with Crippen LogP contribution in [0.1, 0.15) is 23.1 Å². The molecule has 0 bridgehead atoms. The number of aromatic hydroxyl groups is 1. The van der Waals surface area contributed by atoms with Crippen molar-refractivity contribution in [3.8, 4) is 22.9 Å². The number of amides is 2. The molecule has 3 aliphatic rings. The van der Waals surface area contributed by atoms with Gasteiger partial charge in [0.15, 0.2) is 17.0 Å². The van der Waals surface area contributed by atoms with Crippen LogP contribution in [0, 0.1) is 16.7 Å². The van der Waals surface area contributed by atoms with E-state index >= 15 is 0 Å². The maximum Gasteiger partial charge on any atom is 0.255 e. The van der Waals surface area contributed by atoms with Crippen molar-refractivity contribution >= 4 is 40.7 Å². The number of nitrogens with zero attached hydrogens (tertiary/aromatic N) is 2.